The molecule has 2 aromatic carbocycles. The van der Waals surface area contributed by atoms with E-state index >= 15 is 0 Å². The van der Waals surface area contributed by atoms with Crippen LogP contribution in [0.15, 0.2) is 83.5 Å². The van der Waals surface area contributed by atoms with Crippen molar-refractivity contribution in [3.8, 4) is 17.2 Å². The van der Waals surface area contributed by atoms with Gasteiger partial charge in [-0.25, -0.2) is 0 Å². The van der Waals surface area contributed by atoms with E-state index in [4.69, 9.17) is 13.9 Å². The number of hydrogen-bond acceptors (Lipinski definition) is 6. The standard InChI is InChI=1S/C23H18N2O5S/c1-28-17-5-2-3-6-18(17)30-16-10-8-15(9-11-16)24-23(27)20-12-13-21(31-20)25-22(26)19-7-4-14-29-19/h2-14H,1H3,(H,24,27)(H,25,26). The highest BCUT2D eigenvalue weighted by Gasteiger charge is 2.14. The summed E-state index contributed by atoms with van der Waals surface area (Å²) in [5.74, 6) is 1.40. The van der Waals surface area contributed by atoms with Crippen molar-refractivity contribution in [1.82, 2.24) is 0 Å². The number of rotatable bonds is 7. The van der Waals surface area contributed by atoms with Gasteiger partial charge in [-0.3, -0.25) is 9.59 Å². The molecular weight excluding hydrogens is 416 g/mol. The first kappa shape index (κ1) is 20.2. The Morgan fingerprint density at radius 2 is 1.61 bits per heavy atom. The normalized spacial score (nSPS) is 10.4. The van der Waals surface area contributed by atoms with Crippen molar-refractivity contribution < 1.29 is 23.5 Å². The molecule has 0 aliphatic carbocycles. The topological polar surface area (TPSA) is 89.8 Å². The fraction of sp³-hybridized carbons (Fsp3) is 0.0435. The van der Waals surface area contributed by atoms with Crippen molar-refractivity contribution in [2.75, 3.05) is 17.7 Å². The molecule has 0 atom stereocenters. The number of thiophene rings is 1. The number of ether oxygens (including phenoxy) is 2. The average Bonchev–Trinajstić information content (AvgIpc) is 3.48. The molecule has 2 aromatic heterocycles. The monoisotopic (exact) mass is 434 g/mol. The Morgan fingerprint density at radius 1 is 0.839 bits per heavy atom. The van der Waals surface area contributed by atoms with Gasteiger partial charge in [0, 0.05) is 5.69 Å². The van der Waals surface area contributed by atoms with E-state index in [9.17, 15) is 9.59 Å². The Morgan fingerprint density at radius 3 is 2.32 bits per heavy atom. The number of amides is 2. The summed E-state index contributed by atoms with van der Waals surface area (Å²) in [6, 6.07) is 20.9. The van der Waals surface area contributed by atoms with Crippen molar-refractivity contribution >= 4 is 33.8 Å². The number of hydrogen-bond donors (Lipinski definition) is 2. The minimum Gasteiger partial charge on any atom is -0.493 e. The first-order valence-corrected chi connectivity index (χ1v) is 10.1. The highest BCUT2D eigenvalue weighted by Crippen LogP contribution is 2.31. The highest BCUT2D eigenvalue weighted by atomic mass is 32.1. The average molecular weight is 434 g/mol. The van der Waals surface area contributed by atoms with E-state index in [2.05, 4.69) is 10.6 Å². The molecule has 4 aromatic rings. The SMILES string of the molecule is COc1ccccc1Oc1ccc(NC(=O)c2ccc(NC(=O)c3ccco3)s2)cc1. The van der Waals surface area contributed by atoms with Crippen LogP contribution in [0.5, 0.6) is 17.2 Å². The fourth-order valence-electron chi connectivity index (χ4n) is 2.74. The Labute approximate surface area is 182 Å². The number of benzene rings is 2. The molecule has 0 aliphatic rings. The molecule has 0 radical (unpaired) electrons. The number of para-hydroxylation sites is 2. The lowest BCUT2D eigenvalue weighted by molar-refractivity contribution is 0.0995. The van der Waals surface area contributed by atoms with Crippen LogP contribution in [0, 0.1) is 0 Å². The fourth-order valence-corrected chi connectivity index (χ4v) is 3.53. The van der Waals surface area contributed by atoms with Crippen LogP contribution in [0.4, 0.5) is 10.7 Å². The van der Waals surface area contributed by atoms with Gasteiger partial charge in [0.25, 0.3) is 11.8 Å². The zero-order valence-electron chi connectivity index (χ0n) is 16.5. The van der Waals surface area contributed by atoms with Crippen LogP contribution in [-0.4, -0.2) is 18.9 Å². The van der Waals surface area contributed by atoms with Gasteiger partial charge in [-0.15, -0.1) is 11.3 Å². The quantitative estimate of drug-likeness (QED) is 0.392. The number of carbonyl (C=O) groups excluding carboxylic acids is 2. The van der Waals surface area contributed by atoms with Crippen LogP contribution in [-0.2, 0) is 0 Å². The van der Waals surface area contributed by atoms with Crippen LogP contribution in [0.25, 0.3) is 0 Å². The van der Waals surface area contributed by atoms with Crippen LogP contribution in [0.1, 0.15) is 20.2 Å². The molecule has 2 N–H and O–H groups in total. The Balaban J connectivity index is 1.36. The summed E-state index contributed by atoms with van der Waals surface area (Å²) in [7, 11) is 1.58. The molecule has 0 saturated heterocycles. The lowest BCUT2D eigenvalue weighted by Crippen LogP contribution is -2.10. The summed E-state index contributed by atoms with van der Waals surface area (Å²) in [4.78, 5) is 25.0. The summed E-state index contributed by atoms with van der Waals surface area (Å²) in [5, 5.41) is 6.08. The predicted molar refractivity (Wildman–Crippen MR) is 118 cm³/mol. The molecule has 0 bridgehead atoms. The van der Waals surface area contributed by atoms with Crippen molar-refractivity contribution in [2.45, 2.75) is 0 Å². The van der Waals surface area contributed by atoms with Crippen molar-refractivity contribution in [1.29, 1.82) is 0 Å². The molecule has 0 saturated carbocycles. The van der Waals surface area contributed by atoms with E-state index in [-0.39, 0.29) is 17.6 Å². The molecule has 2 heterocycles. The maximum atomic E-state index is 12.5. The molecule has 4 rings (SSSR count). The lowest BCUT2D eigenvalue weighted by Gasteiger charge is -2.10. The summed E-state index contributed by atoms with van der Waals surface area (Å²) >= 11 is 1.17. The maximum Gasteiger partial charge on any atom is 0.291 e. The van der Waals surface area contributed by atoms with Crippen molar-refractivity contribution in [2.24, 2.45) is 0 Å². The van der Waals surface area contributed by atoms with Gasteiger partial charge < -0.3 is 24.5 Å². The number of anilines is 2. The van der Waals surface area contributed by atoms with Gasteiger partial charge in [0.15, 0.2) is 17.3 Å². The van der Waals surface area contributed by atoms with Gasteiger partial charge in [0.2, 0.25) is 0 Å². The number of furan rings is 1. The Bertz CT molecular complexity index is 1180. The number of nitrogens with one attached hydrogen (secondary N) is 2. The van der Waals surface area contributed by atoms with E-state index in [1.807, 2.05) is 24.3 Å². The van der Waals surface area contributed by atoms with Gasteiger partial charge in [-0.1, -0.05) is 12.1 Å². The molecule has 0 spiro atoms. The second-order valence-electron chi connectivity index (χ2n) is 6.33. The summed E-state index contributed by atoms with van der Waals surface area (Å²) in [6.45, 7) is 0. The minimum absolute atomic E-state index is 0.204. The molecule has 0 fully saturated rings. The van der Waals surface area contributed by atoms with E-state index in [1.165, 1.54) is 17.6 Å². The molecule has 2 amide bonds. The molecule has 8 heteroatoms. The van der Waals surface area contributed by atoms with Gasteiger partial charge >= 0.3 is 0 Å². The van der Waals surface area contributed by atoms with E-state index in [0.29, 0.717) is 32.8 Å². The second kappa shape index (κ2) is 9.19. The third-order valence-corrected chi connectivity index (χ3v) is 5.22. The smallest absolute Gasteiger partial charge is 0.291 e. The van der Waals surface area contributed by atoms with Gasteiger partial charge in [-0.2, -0.15) is 0 Å². The third-order valence-electron chi connectivity index (χ3n) is 4.22. The largest absolute Gasteiger partial charge is 0.493 e. The number of methoxy groups -OCH3 is 1. The van der Waals surface area contributed by atoms with Crippen molar-refractivity contribution in [3.05, 3.63) is 89.7 Å². The molecule has 7 nitrogen and oxygen atoms in total. The first-order valence-electron chi connectivity index (χ1n) is 9.29. The Kier molecular flexibility index (Phi) is 6.00. The maximum absolute atomic E-state index is 12.5. The van der Waals surface area contributed by atoms with Crippen LogP contribution >= 0.6 is 11.3 Å². The summed E-state index contributed by atoms with van der Waals surface area (Å²) in [6.07, 6.45) is 1.43. The van der Waals surface area contributed by atoms with Crippen LogP contribution in [0.2, 0.25) is 0 Å². The highest BCUT2D eigenvalue weighted by molar-refractivity contribution is 7.18. The van der Waals surface area contributed by atoms with E-state index < -0.39 is 0 Å². The summed E-state index contributed by atoms with van der Waals surface area (Å²) < 4.78 is 16.2. The molecule has 0 unspecified atom stereocenters. The van der Waals surface area contributed by atoms with Crippen LogP contribution in [0.3, 0.4) is 0 Å². The van der Waals surface area contributed by atoms with Gasteiger partial charge in [0.05, 0.1) is 23.3 Å². The first-order chi connectivity index (χ1) is 15.1. The zero-order valence-corrected chi connectivity index (χ0v) is 17.3. The predicted octanol–water partition coefficient (Wildman–Crippen LogP) is 5.65. The number of carbonyl (C=O) groups is 2. The second-order valence-corrected chi connectivity index (χ2v) is 7.41. The molecule has 0 aliphatic heterocycles. The van der Waals surface area contributed by atoms with E-state index in [0.717, 1.165) is 0 Å². The van der Waals surface area contributed by atoms with Gasteiger partial charge in [-0.05, 0) is 60.7 Å². The van der Waals surface area contributed by atoms with E-state index in [1.54, 1.807) is 55.6 Å². The summed E-state index contributed by atoms with van der Waals surface area (Å²) in [5.41, 5.74) is 0.618. The minimum atomic E-state index is -0.371. The lowest BCUT2D eigenvalue weighted by atomic mass is 10.3. The van der Waals surface area contributed by atoms with Crippen LogP contribution < -0.4 is 20.1 Å². The zero-order chi connectivity index (χ0) is 21.6. The molecule has 156 valence electrons. The van der Waals surface area contributed by atoms with Crippen molar-refractivity contribution in [3.63, 3.8) is 0 Å². The molecular formula is C23H18N2O5S. The Hall–Kier alpha value is -4.04. The third kappa shape index (κ3) is 4.93. The molecule has 31 heavy (non-hydrogen) atoms. The van der Waals surface area contributed by atoms with Gasteiger partial charge in [0.1, 0.15) is 5.75 Å².